The molecule has 0 aliphatic carbocycles. The van der Waals surface area contributed by atoms with Gasteiger partial charge in [-0.25, -0.2) is 13.5 Å². The van der Waals surface area contributed by atoms with Crippen molar-refractivity contribution in [3.05, 3.63) is 42.0 Å². The molecule has 0 spiro atoms. The second-order valence-electron chi connectivity index (χ2n) is 8.01. The molecule has 3 aromatic rings. The lowest BCUT2D eigenvalue weighted by Crippen LogP contribution is -2.37. The quantitative estimate of drug-likeness (QED) is 0.711. The largest absolute Gasteiger partial charge is 0.503 e. The normalized spacial score (nSPS) is 16.5. The molecule has 1 saturated heterocycles. The Morgan fingerprint density at radius 3 is 2.29 bits per heavy atom. The number of phenols is 1. The van der Waals surface area contributed by atoms with Gasteiger partial charge in [0.1, 0.15) is 5.52 Å². The number of nitrogens with zero attached hydrogens (tertiary/aromatic N) is 3. The standard InChI is InChI=1S/C21H23F2N3O2/c1-21(2)8-10-25(11-9-21)13-4-6-14(7-5-13)26-18-15(20(24-26)28-3)12-16(22)19(27)17(18)23/h4-7,12,27H,8-11H2,1-3H3. The zero-order valence-electron chi connectivity index (χ0n) is 16.2. The Kier molecular flexibility index (Phi) is 4.40. The summed E-state index contributed by atoms with van der Waals surface area (Å²) < 4.78 is 34.8. The molecular formula is C21H23F2N3O2. The van der Waals surface area contributed by atoms with Crippen molar-refractivity contribution in [2.75, 3.05) is 25.1 Å². The Bertz CT molecular complexity index is 1020. The molecule has 0 saturated carbocycles. The molecule has 2 aromatic carbocycles. The van der Waals surface area contributed by atoms with Crippen LogP contribution < -0.4 is 9.64 Å². The summed E-state index contributed by atoms with van der Waals surface area (Å²) in [6.07, 6.45) is 2.26. The fourth-order valence-electron chi connectivity index (χ4n) is 3.68. The fraction of sp³-hybridized carbons (Fsp3) is 0.381. The minimum Gasteiger partial charge on any atom is -0.503 e. The molecule has 1 aliphatic heterocycles. The van der Waals surface area contributed by atoms with Gasteiger partial charge in [0.2, 0.25) is 5.88 Å². The van der Waals surface area contributed by atoms with Gasteiger partial charge in [0.05, 0.1) is 18.2 Å². The molecule has 28 heavy (non-hydrogen) atoms. The van der Waals surface area contributed by atoms with Crippen LogP contribution in [0.25, 0.3) is 16.6 Å². The van der Waals surface area contributed by atoms with Crippen LogP contribution in [0.4, 0.5) is 14.5 Å². The van der Waals surface area contributed by atoms with Gasteiger partial charge in [-0.3, -0.25) is 0 Å². The number of piperidine rings is 1. The molecule has 1 aromatic heterocycles. The predicted octanol–water partition coefficient (Wildman–Crippen LogP) is 4.64. The fourth-order valence-corrected chi connectivity index (χ4v) is 3.68. The van der Waals surface area contributed by atoms with Crippen LogP contribution in [0.2, 0.25) is 0 Å². The van der Waals surface area contributed by atoms with E-state index in [0.717, 1.165) is 37.7 Å². The van der Waals surface area contributed by atoms with Gasteiger partial charge in [-0.1, -0.05) is 13.8 Å². The molecular weight excluding hydrogens is 364 g/mol. The highest BCUT2D eigenvalue weighted by atomic mass is 19.1. The lowest BCUT2D eigenvalue weighted by Gasteiger charge is -2.38. The highest BCUT2D eigenvalue weighted by Crippen LogP contribution is 2.36. The van der Waals surface area contributed by atoms with Crippen molar-refractivity contribution < 1.29 is 18.6 Å². The molecule has 1 aliphatic rings. The third-order valence-electron chi connectivity index (χ3n) is 5.57. The number of rotatable bonds is 3. The number of fused-ring (bicyclic) bond motifs is 1. The van der Waals surface area contributed by atoms with Crippen LogP contribution in [0.5, 0.6) is 11.6 Å². The van der Waals surface area contributed by atoms with Crippen LogP contribution in [-0.2, 0) is 0 Å². The number of phenolic OH excluding ortho intramolecular Hbond substituents is 1. The zero-order valence-corrected chi connectivity index (χ0v) is 16.2. The average Bonchev–Trinajstić information content (AvgIpc) is 3.05. The minimum atomic E-state index is -1.06. The first-order valence-electron chi connectivity index (χ1n) is 9.30. The molecule has 7 heteroatoms. The summed E-state index contributed by atoms with van der Waals surface area (Å²) in [5.74, 6) is -3.04. The van der Waals surface area contributed by atoms with Crippen LogP contribution in [0.1, 0.15) is 26.7 Å². The van der Waals surface area contributed by atoms with Crippen LogP contribution in [-0.4, -0.2) is 35.1 Å². The second kappa shape index (κ2) is 6.65. The Hall–Kier alpha value is -2.83. The van der Waals surface area contributed by atoms with E-state index in [4.69, 9.17) is 4.74 Å². The smallest absolute Gasteiger partial charge is 0.241 e. The van der Waals surface area contributed by atoms with Crippen molar-refractivity contribution in [3.8, 4) is 17.3 Å². The molecule has 0 radical (unpaired) electrons. The Labute approximate surface area is 162 Å². The summed E-state index contributed by atoms with van der Waals surface area (Å²) in [7, 11) is 1.38. The van der Waals surface area contributed by atoms with E-state index in [2.05, 4.69) is 23.8 Å². The van der Waals surface area contributed by atoms with Crippen LogP contribution >= 0.6 is 0 Å². The number of anilines is 1. The molecule has 0 unspecified atom stereocenters. The maximum Gasteiger partial charge on any atom is 0.241 e. The first-order valence-corrected chi connectivity index (χ1v) is 9.30. The van der Waals surface area contributed by atoms with Crippen LogP contribution in [0, 0.1) is 17.0 Å². The molecule has 0 atom stereocenters. The van der Waals surface area contributed by atoms with Crippen molar-refractivity contribution in [2.24, 2.45) is 5.41 Å². The molecule has 1 N–H and O–H groups in total. The Morgan fingerprint density at radius 2 is 1.68 bits per heavy atom. The summed E-state index contributed by atoms with van der Waals surface area (Å²) in [4.78, 5) is 2.33. The average molecular weight is 387 g/mol. The third-order valence-corrected chi connectivity index (χ3v) is 5.57. The molecule has 2 heterocycles. The van der Waals surface area contributed by atoms with Gasteiger partial charge in [0, 0.05) is 18.8 Å². The van der Waals surface area contributed by atoms with Crippen molar-refractivity contribution >= 4 is 16.6 Å². The highest BCUT2D eigenvalue weighted by molar-refractivity contribution is 5.88. The summed E-state index contributed by atoms with van der Waals surface area (Å²) in [6.45, 7) is 6.56. The predicted molar refractivity (Wildman–Crippen MR) is 104 cm³/mol. The summed E-state index contributed by atoms with van der Waals surface area (Å²) in [5.41, 5.74) is 2.04. The van der Waals surface area contributed by atoms with Crippen molar-refractivity contribution in [2.45, 2.75) is 26.7 Å². The summed E-state index contributed by atoms with van der Waals surface area (Å²) in [6, 6.07) is 8.63. The first-order chi connectivity index (χ1) is 13.3. The number of hydrogen-bond acceptors (Lipinski definition) is 4. The van der Waals surface area contributed by atoms with E-state index < -0.39 is 17.4 Å². The molecule has 1 fully saturated rings. The van der Waals surface area contributed by atoms with Gasteiger partial charge >= 0.3 is 0 Å². The van der Waals surface area contributed by atoms with E-state index in [-0.39, 0.29) is 16.8 Å². The van der Waals surface area contributed by atoms with E-state index in [1.54, 1.807) is 0 Å². The van der Waals surface area contributed by atoms with Crippen molar-refractivity contribution in [1.29, 1.82) is 0 Å². The van der Waals surface area contributed by atoms with E-state index in [0.29, 0.717) is 11.1 Å². The maximum atomic E-state index is 14.6. The van der Waals surface area contributed by atoms with E-state index in [1.807, 2.05) is 24.3 Å². The van der Waals surface area contributed by atoms with Gasteiger partial charge in [-0.2, -0.15) is 0 Å². The van der Waals surface area contributed by atoms with Gasteiger partial charge in [0.15, 0.2) is 17.4 Å². The first kappa shape index (κ1) is 18.5. The van der Waals surface area contributed by atoms with Crippen molar-refractivity contribution in [3.63, 3.8) is 0 Å². The van der Waals surface area contributed by atoms with E-state index >= 15 is 0 Å². The number of hydrogen-bond donors (Lipinski definition) is 1. The summed E-state index contributed by atoms with van der Waals surface area (Å²) in [5, 5.41) is 14.1. The number of aromatic hydroxyl groups is 1. The monoisotopic (exact) mass is 387 g/mol. The number of benzene rings is 2. The van der Waals surface area contributed by atoms with Crippen LogP contribution in [0.15, 0.2) is 30.3 Å². The summed E-state index contributed by atoms with van der Waals surface area (Å²) >= 11 is 0. The topological polar surface area (TPSA) is 50.5 Å². The molecule has 5 nitrogen and oxygen atoms in total. The number of halogens is 2. The number of aromatic nitrogens is 2. The molecule has 4 rings (SSSR count). The Morgan fingerprint density at radius 1 is 1.07 bits per heavy atom. The maximum absolute atomic E-state index is 14.6. The second-order valence-corrected chi connectivity index (χ2v) is 8.01. The number of methoxy groups -OCH3 is 1. The van der Waals surface area contributed by atoms with E-state index in [1.165, 1.54) is 11.8 Å². The van der Waals surface area contributed by atoms with Gasteiger partial charge < -0.3 is 14.7 Å². The molecule has 0 amide bonds. The lowest BCUT2D eigenvalue weighted by molar-refractivity contribution is 0.280. The SMILES string of the molecule is COc1nn(-c2ccc(N3CCC(C)(C)CC3)cc2)c2c(F)c(O)c(F)cc12. The van der Waals surface area contributed by atoms with Crippen molar-refractivity contribution in [1.82, 2.24) is 9.78 Å². The van der Waals surface area contributed by atoms with Crippen LogP contribution in [0.3, 0.4) is 0 Å². The molecule has 0 bridgehead atoms. The van der Waals surface area contributed by atoms with E-state index in [9.17, 15) is 13.9 Å². The van der Waals surface area contributed by atoms with Gasteiger partial charge in [-0.15, -0.1) is 5.10 Å². The minimum absolute atomic E-state index is 0.0248. The highest BCUT2D eigenvalue weighted by Gasteiger charge is 2.26. The lowest BCUT2D eigenvalue weighted by atomic mass is 9.82. The third kappa shape index (κ3) is 3.04. The Balaban J connectivity index is 1.72. The zero-order chi connectivity index (χ0) is 20.1. The van der Waals surface area contributed by atoms with Gasteiger partial charge in [-0.05, 0) is 48.6 Å². The number of ether oxygens (including phenoxy) is 1. The van der Waals surface area contributed by atoms with Gasteiger partial charge in [0.25, 0.3) is 0 Å². The molecule has 148 valence electrons.